The smallest absolute Gasteiger partial charge is 0.383 e. The monoisotopic (exact) mass is 357 g/mol. The number of aliphatic imine (C=N–C) groups is 1. The summed E-state index contributed by atoms with van der Waals surface area (Å²) < 4.78 is 43.9. The highest BCUT2D eigenvalue weighted by Crippen LogP contribution is 2.49. The van der Waals surface area contributed by atoms with Crippen LogP contribution in [0, 0.1) is 0 Å². The summed E-state index contributed by atoms with van der Waals surface area (Å²) in [6.07, 6.45) is -2.61. The van der Waals surface area contributed by atoms with Crippen LogP contribution in [-0.4, -0.2) is 38.8 Å². The Hall–Kier alpha value is -1.76. The van der Waals surface area contributed by atoms with Crippen molar-refractivity contribution in [1.82, 2.24) is 10.6 Å². The SMILES string of the molecule is CCNC(=NCC1(c2cccc(C(F)(F)F)c2)CC1)NC(C)COC. The maximum Gasteiger partial charge on any atom is 0.416 e. The lowest BCUT2D eigenvalue weighted by atomic mass is 9.94. The molecule has 1 atom stereocenters. The maximum atomic E-state index is 12.9. The van der Waals surface area contributed by atoms with E-state index in [1.807, 2.05) is 13.8 Å². The van der Waals surface area contributed by atoms with Crippen molar-refractivity contribution in [3.63, 3.8) is 0 Å². The van der Waals surface area contributed by atoms with Gasteiger partial charge in [0.15, 0.2) is 5.96 Å². The van der Waals surface area contributed by atoms with Crippen molar-refractivity contribution in [2.45, 2.75) is 44.3 Å². The molecule has 4 nitrogen and oxygen atoms in total. The van der Waals surface area contributed by atoms with Crippen molar-refractivity contribution in [1.29, 1.82) is 0 Å². The van der Waals surface area contributed by atoms with E-state index in [1.165, 1.54) is 12.1 Å². The highest BCUT2D eigenvalue weighted by atomic mass is 19.4. The third-order valence-electron chi connectivity index (χ3n) is 4.34. The number of hydrogen-bond acceptors (Lipinski definition) is 2. The number of methoxy groups -OCH3 is 1. The normalized spacial score (nSPS) is 17.9. The van der Waals surface area contributed by atoms with Crippen molar-refractivity contribution >= 4 is 5.96 Å². The quantitative estimate of drug-likeness (QED) is 0.581. The molecule has 1 aliphatic carbocycles. The molecule has 1 unspecified atom stereocenters. The Labute approximate surface area is 146 Å². The predicted octanol–water partition coefficient (Wildman–Crippen LogP) is 3.33. The molecule has 0 bridgehead atoms. The van der Waals surface area contributed by atoms with Gasteiger partial charge in [-0.1, -0.05) is 18.2 Å². The fourth-order valence-corrected chi connectivity index (χ4v) is 2.79. The zero-order valence-electron chi connectivity index (χ0n) is 14.9. The highest BCUT2D eigenvalue weighted by molar-refractivity contribution is 5.80. The van der Waals surface area contributed by atoms with E-state index in [2.05, 4.69) is 15.6 Å². The number of nitrogens with zero attached hydrogens (tertiary/aromatic N) is 1. The maximum absolute atomic E-state index is 12.9. The Bertz CT molecular complexity index is 597. The summed E-state index contributed by atoms with van der Waals surface area (Å²) in [5.41, 5.74) is -0.167. The first-order valence-corrected chi connectivity index (χ1v) is 8.52. The van der Waals surface area contributed by atoms with Gasteiger partial charge in [-0.05, 0) is 38.3 Å². The summed E-state index contributed by atoms with van der Waals surface area (Å²) in [5, 5.41) is 6.40. The minimum atomic E-state index is -4.32. The van der Waals surface area contributed by atoms with Crippen molar-refractivity contribution in [2.75, 3.05) is 26.8 Å². The minimum absolute atomic E-state index is 0.0894. The first-order valence-electron chi connectivity index (χ1n) is 8.52. The van der Waals surface area contributed by atoms with Crippen LogP contribution in [0.15, 0.2) is 29.3 Å². The summed E-state index contributed by atoms with van der Waals surface area (Å²) in [6.45, 7) is 5.67. The number of halogens is 3. The van der Waals surface area contributed by atoms with Gasteiger partial charge in [-0.3, -0.25) is 4.99 Å². The average molecular weight is 357 g/mol. The number of rotatable bonds is 7. The molecule has 0 aromatic heterocycles. The van der Waals surface area contributed by atoms with Crippen LogP contribution in [0.3, 0.4) is 0 Å². The van der Waals surface area contributed by atoms with Crippen molar-refractivity contribution in [3.05, 3.63) is 35.4 Å². The summed E-state index contributed by atoms with van der Waals surface area (Å²) in [7, 11) is 1.63. The van der Waals surface area contributed by atoms with Gasteiger partial charge in [0.2, 0.25) is 0 Å². The molecular weight excluding hydrogens is 331 g/mol. The summed E-state index contributed by atoms with van der Waals surface area (Å²) in [5.74, 6) is 0.658. The third-order valence-corrected chi connectivity index (χ3v) is 4.34. The Kier molecular flexibility index (Phi) is 6.32. The molecule has 25 heavy (non-hydrogen) atoms. The molecule has 1 aliphatic rings. The van der Waals surface area contributed by atoms with E-state index < -0.39 is 11.7 Å². The molecule has 0 aliphatic heterocycles. The van der Waals surface area contributed by atoms with Gasteiger partial charge in [0.1, 0.15) is 0 Å². The minimum Gasteiger partial charge on any atom is -0.383 e. The van der Waals surface area contributed by atoms with Crippen LogP contribution in [0.4, 0.5) is 13.2 Å². The summed E-state index contributed by atoms with van der Waals surface area (Å²) in [6, 6.07) is 5.71. The van der Waals surface area contributed by atoms with Crippen molar-refractivity contribution in [2.24, 2.45) is 4.99 Å². The highest BCUT2D eigenvalue weighted by Gasteiger charge is 2.45. The predicted molar refractivity (Wildman–Crippen MR) is 92.8 cm³/mol. The number of ether oxygens (including phenoxy) is 1. The van der Waals surface area contributed by atoms with E-state index in [0.29, 0.717) is 31.2 Å². The fourth-order valence-electron chi connectivity index (χ4n) is 2.79. The molecule has 0 amide bonds. The molecule has 1 aromatic rings. The van der Waals surface area contributed by atoms with E-state index in [9.17, 15) is 13.2 Å². The van der Waals surface area contributed by atoms with Crippen molar-refractivity contribution < 1.29 is 17.9 Å². The van der Waals surface area contributed by atoms with Crippen LogP contribution in [0.1, 0.15) is 37.8 Å². The van der Waals surface area contributed by atoms with Crippen LogP contribution >= 0.6 is 0 Å². The zero-order valence-corrected chi connectivity index (χ0v) is 14.9. The molecule has 1 fully saturated rings. The van der Waals surface area contributed by atoms with Gasteiger partial charge in [-0.25, -0.2) is 0 Å². The molecule has 2 rings (SSSR count). The Morgan fingerprint density at radius 3 is 2.64 bits per heavy atom. The molecule has 0 saturated heterocycles. The number of nitrogens with one attached hydrogen (secondary N) is 2. The summed E-state index contributed by atoms with van der Waals surface area (Å²) in [4.78, 5) is 4.60. The standard InChI is InChI=1S/C18H26F3N3O/c1-4-22-16(24-13(2)11-25-3)23-12-17(8-9-17)14-6-5-7-15(10-14)18(19,20)21/h5-7,10,13H,4,8-9,11-12H2,1-3H3,(H2,22,23,24). The molecule has 7 heteroatoms. The Morgan fingerprint density at radius 1 is 1.36 bits per heavy atom. The Morgan fingerprint density at radius 2 is 2.08 bits per heavy atom. The van der Waals surface area contributed by atoms with Crippen LogP contribution in [0.5, 0.6) is 0 Å². The van der Waals surface area contributed by atoms with Crippen LogP contribution < -0.4 is 10.6 Å². The third kappa shape index (κ3) is 5.36. The van der Waals surface area contributed by atoms with Crippen LogP contribution in [0.25, 0.3) is 0 Å². The number of guanidine groups is 1. The fraction of sp³-hybridized carbons (Fsp3) is 0.611. The van der Waals surface area contributed by atoms with Gasteiger partial charge in [0.25, 0.3) is 0 Å². The van der Waals surface area contributed by atoms with Gasteiger partial charge in [0, 0.05) is 25.1 Å². The number of benzene rings is 1. The number of alkyl halides is 3. The van der Waals surface area contributed by atoms with Gasteiger partial charge in [-0.2, -0.15) is 13.2 Å². The molecule has 0 spiro atoms. The van der Waals surface area contributed by atoms with E-state index >= 15 is 0 Å². The largest absolute Gasteiger partial charge is 0.416 e. The first kappa shape index (κ1) is 19.6. The molecule has 140 valence electrons. The van der Waals surface area contributed by atoms with E-state index in [1.54, 1.807) is 13.2 Å². The van der Waals surface area contributed by atoms with E-state index in [4.69, 9.17) is 4.74 Å². The lowest BCUT2D eigenvalue weighted by Crippen LogP contribution is -2.44. The van der Waals surface area contributed by atoms with Crippen LogP contribution in [0.2, 0.25) is 0 Å². The molecule has 2 N–H and O–H groups in total. The Balaban J connectivity index is 2.12. The first-order chi connectivity index (χ1) is 11.8. The lowest BCUT2D eigenvalue weighted by Gasteiger charge is -2.19. The van der Waals surface area contributed by atoms with E-state index in [0.717, 1.165) is 18.9 Å². The van der Waals surface area contributed by atoms with Gasteiger partial charge < -0.3 is 15.4 Å². The van der Waals surface area contributed by atoms with Gasteiger partial charge in [0.05, 0.1) is 18.7 Å². The molecular formula is C18H26F3N3O. The molecule has 0 heterocycles. The zero-order chi connectivity index (χ0) is 18.5. The van der Waals surface area contributed by atoms with Crippen LogP contribution in [-0.2, 0) is 16.3 Å². The summed E-state index contributed by atoms with van der Waals surface area (Å²) >= 11 is 0. The molecule has 1 aromatic carbocycles. The van der Waals surface area contributed by atoms with Crippen molar-refractivity contribution in [3.8, 4) is 0 Å². The second kappa shape index (κ2) is 8.08. The average Bonchev–Trinajstić information content (AvgIpc) is 3.34. The topological polar surface area (TPSA) is 45.7 Å². The second-order valence-corrected chi connectivity index (χ2v) is 6.55. The molecule has 1 saturated carbocycles. The number of hydrogen-bond donors (Lipinski definition) is 2. The lowest BCUT2D eigenvalue weighted by molar-refractivity contribution is -0.137. The molecule has 0 radical (unpaired) electrons. The van der Waals surface area contributed by atoms with Gasteiger partial charge >= 0.3 is 6.18 Å². The second-order valence-electron chi connectivity index (χ2n) is 6.55. The van der Waals surface area contributed by atoms with Gasteiger partial charge in [-0.15, -0.1) is 0 Å². The van der Waals surface area contributed by atoms with E-state index in [-0.39, 0.29) is 11.5 Å².